The monoisotopic (exact) mass is 412 g/mol. The first-order chi connectivity index (χ1) is 13.6. The molecule has 4 nitrogen and oxygen atoms in total. The Morgan fingerprint density at radius 3 is 2.86 bits per heavy atom. The van der Waals surface area contributed by atoms with Crippen LogP contribution in [0.15, 0.2) is 53.4 Å². The number of rotatable bonds is 6. The maximum atomic E-state index is 13.2. The van der Waals surface area contributed by atoms with Crippen LogP contribution in [0.2, 0.25) is 0 Å². The summed E-state index contributed by atoms with van der Waals surface area (Å²) in [7, 11) is 1.86. The second-order valence-corrected chi connectivity index (χ2v) is 9.18. The summed E-state index contributed by atoms with van der Waals surface area (Å²) >= 11 is 3.37. The smallest absolute Gasteiger partial charge is 0.255 e. The standard InChI is InChI=1S/C22H24N2O2S2/c1-15(21-23-18-10-4-6-12-20(18)28-21)24(2)22(25)17-9-3-5-11-19(17)27-14-16-8-7-13-26-16/h3-6,9-12,15-16H,7-8,13-14H2,1-2H3/t15-,16+/m0/s1. The van der Waals surface area contributed by atoms with Crippen molar-refractivity contribution in [1.82, 2.24) is 9.88 Å². The molecule has 4 rings (SSSR count). The zero-order valence-corrected chi connectivity index (χ0v) is 17.8. The molecule has 146 valence electrons. The van der Waals surface area contributed by atoms with E-state index in [9.17, 15) is 4.79 Å². The third-order valence-corrected chi connectivity index (χ3v) is 7.55. The second kappa shape index (κ2) is 8.64. The molecule has 1 aliphatic heterocycles. The highest BCUT2D eigenvalue weighted by atomic mass is 32.2. The van der Waals surface area contributed by atoms with Crippen LogP contribution in [-0.4, -0.2) is 41.3 Å². The molecule has 2 heterocycles. The number of nitrogens with zero attached hydrogens (tertiary/aromatic N) is 2. The maximum Gasteiger partial charge on any atom is 0.255 e. The number of hydrogen-bond acceptors (Lipinski definition) is 5. The summed E-state index contributed by atoms with van der Waals surface area (Å²) in [6.07, 6.45) is 2.54. The Kier molecular flexibility index (Phi) is 5.99. The molecule has 1 aliphatic rings. The third kappa shape index (κ3) is 4.09. The number of thioether (sulfide) groups is 1. The van der Waals surface area contributed by atoms with Gasteiger partial charge in [-0.15, -0.1) is 23.1 Å². The molecule has 1 fully saturated rings. The zero-order valence-electron chi connectivity index (χ0n) is 16.1. The first-order valence-electron chi connectivity index (χ1n) is 9.59. The van der Waals surface area contributed by atoms with Crippen molar-refractivity contribution in [3.05, 3.63) is 59.1 Å². The van der Waals surface area contributed by atoms with Crippen molar-refractivity contribution in [3.63, 3.8) is 0 Å². The number of amides is 1. The predicted molar refractivity (Wildman–Crippen MR) is 116 cm³/mol. The van der Waals surface area contributed by atoms with Gasteiger partial charge in [0.15, 0.2) is 0 Å². The molecule has 1 aromatic heterocycles. The number of fused-ring (bicyclic) bond motifs is 1. The molecule has 3 aromatic rings. The van der Waals surface area contributed by atoms with Gasteiger partial charge in [-0.05, 0) is 44.0 Å². The lowest BCUT2D eigenvalue weighted by molar-refractivity contribution is 0.0739. The molecule has 0 bridgehead atoms. The van der Waals surface area contributed by atoms with Gasteiger partial charge in [-0.2, -0.15) is 0 Å². The van der Waals surface area contributed by atoms with Gasteiger partial charge in [-0.1, -0.05) is 24.3 Å². The summed E-state index contributed by atoms with van der Waals surface area (Å²) in [6, 6.07) is 15.9. The highest BCUT2D eigenvalue weighted by molar-refractivity contribution is 7.99. The lowest BCUT2D eigenvalue weighted by atomic mass is 10.2. The van der Waals surface area contributed by atoms with Crippen molar-refractivity contribution >= 4 is 39.2 Å². The second-order valence-electron chi connectivity index (χ2n) is 7.05. The van der Waals surface area contributed by atoms with E-state index in [-0.39, 0.29) is 11.9 Å². The Morgan fingerprint density at radius 1 is 1.29 bits per heavy atom. The molecule has 1 amide bonds. The molecular formula is C22H24N2O2S2. The number of hydrogen-bond donors (Lipinski definition) is 0. The number of carbonyl (C=O) groups excluding carboxylic acids is 1. The first kappa shape index (κ1) is 19.4. The zero-order chi connectivity index (χ0) is 19.5. The van der Waals surface area contributed by atoms with E-state index in [1.165, 1.54) is 0 Å². The van der Waals surface area contributed by atoms with Crippen LogP contribution in [0.4, 0.5) is 0 Å². The van der Waals surface area contributed by atoms with Crippen molar-refractivity contribution in [2.45, 2.75) is 36.8 Å². The topological polar surface area (TPSA) is 42.4 Å². The highest BCUT2D eigenvalue weighted by Gasteiger charge is 2.24. The Balaban J connectivity index is 1.51. The molecule has 0 aliphatic carbocycles. The molecular weight excluding hydrogens is 388 g/mol. The van der Waals surface area contributed by atoms with Crippen LogP contribution in [-0.2, 0) is 4.74 Å². The van der Waals surface area contributed by atoms with Crippen molar-refractivity contribution < 1.29 is 9.53 Å². The van der Waals surface area contributed by atoms with Gasteiger partial charge < -0.3 is 9.64 Å². The van der Waals surface area contributed by atoms with Crippen molar-refractivity contribution in [2.75, 3.05) is 19.4 Å². The molecule has 0 saturated carbocycles. The quantitative estimate of drug-likeness (QED) is 0.508. The lowest BCUT2D eigenvalue weighted by Gasteiger charge is -2.24. The third-order valence-electron chi connectivity index (χ3n) is 5.14. The van der Waals surface area contributed by atoms with E-state index >= 15 is 0 Å². The summed E-state index contributed by atoms with van der Waals surface area (Å²) in [5.74, 6) is 0.920. The number of benzene rings is 2. The molecule has 2 atom stereocenters. The van der Waals surface area contributed by atoms with Gasteiger partial charge in [0.25, 0.3) is 5.91 Å². The largest absolute Gasteiger partial charge is 0.377 e. The van der Waals surface area contributed by atoms with Crippen LogP contribution in [0.1, 0.15) is 41.2 Å². The van der Waals surface area contributed by atoms with Crippen LogP contribution in [0.3, 0.4) is 0 Å². The van der Waals surface area contributed by atoms with E-state index in [4.69, 9.17) is 9.72 Å². The fourth-order valence-electron chi connectivity index (χ4n) is 3.33. The summed E-state index contributed by atoms with van der Waals surface area (Å²) in [5, 5.41) is 0.960. The minimum Gasteiger partial charge on any atom is -0.377 e. The average molecular weight is 413 g/mol. The molecule has 0 unspecified atom stereocenters. The minimum atomic E-state index is -0.0823. The van der Waals surface area contributed by atoms with E-state index in [2.05, 4.69) is 6.07 Å². The van der Waals surface area contributed by atoms with Crippen LogP contribution in [0, 0.1) is 0 Å². The predicted octanol–water partition coefficient (Wildman–Crippen LogP) is 5.40. The van der Waals surface area contributed by atoms with Gasteiger partial charge in [-0.25, -0.2) is 4.98 Å². The Bertz CT molecular complexity index is 933. The SMILES string of the molecule is C[C@@H](c1nc2ccccc2s1)N(C)C(=O)c1ccccc1SC[C@H]1CCCO1. The van der Waals surface area contributed by atoms with Crippen molar-refractivity contribution in [3.8, 4) is 0 Å². The van der Waals surface area contributed by atoms with E-state index in [1.807, 2.05) is 56.4 Å². The molecule has 0 N–H and O–H groups in total. The number of thiazole rings is 1. The van der Waals surface area contributed by atoms with Crippen LogP contribution < -0.4 is 0 Å². The number of aromatic nitrogens is 1. The Morgan fingerprint density at radius 2 is 2.07 bits per heavy atom. The number of ether oxygens (including phenoxy) is 1. The Labute approximate surface area is 173 Å². The van der Waals surface area contributed by atoms with Gasteiger partial charge in [0, 0.05) is 24.3 Å². The molecule has 1 saturated heterocycles. The molecule has 28 heavy (non-hydrogen) atoms. The van der Waals surface area contributed by atoms with Crippen LogP contribution >= 0.6 is 23.1 Å². The van der Waals surface area contributed by atoms with E-state index < -0.39 is 0 Å². The summed E-state index contributed by atoms with van der Waals surface area (Å²) in [5.41, 5.74) is 1.74. The van der Waals surface area contributed by atoms with E-state index in [1.54, 1.807) is 28.0 Å². The van der Waals surface area contributed by atoms with Crippen molar-refractivity contribution in [1.29, 1.82) is 0 Å². The van der Waals surface area contributed by atoms with Crippen molar-refractivity contribution in [2.24, 2.45) is 0 Å². The van der Waals surface area contributed by atoms with Gasteiger partial charge >= 0.3 is 0 Å². The molecule has 2 aromatic carbocycles. The fourth-order valence-corrected chi connectivity index (χ4v) is 5.50. The number of carbonyl (C=O) groups is 1. The normalized spacial score (nSPS) is 17.7. The molecule has 6 heteroatoms. The average Bonchev–Trinajstić information content (AvgIpc) is 3.40. The highest BCUT2D eigenvalue weighted by Crippen LogP contribution is 2.32. The van der Waals surface area contributed by atoms with Crippen LogP contribution in [0.5, 0.6) is 0 Å². The summed E-state index contributed by atoms with van der Waals surface area (Å²) in [6.45, 7) is 2.89. The lowest BCUT2D eigenvalue weighted by Crippen LogP contribution is -2.30. The first-order valence-corrected chi connectivity index (χ1v) is 11.4. The van der Waals surface area contributed by atoms with Gasteiger partial charge in [0.1, 0.15) is 5.01 Å². The summed E-state index contributed by atoms with van der Waals surface area (Å²) < 4.78 is 6.87. The Hall–Kier alpha value is -1.89. The van der Waals surface area contributed by atoms with Gasteiger partial charge in [-0.3, -0.25) is 4.79 Å². The van der Waals surface area contributed by atoms with Crippen LogP contribution in [0.25, 0.3) is 10.2 Å². The van der Waals surface area contributed by atoms with Gasteiger partial charge in [0.05, 0.1) is 27.9 Å². The maximum absolute atomic E-state index is 13.2. The molecule has 0 spiro atoms. The van der Waals surface area contributed by atoms with Gasteiger partial charge in [0.2, 0.25) is 0 Å². The fraction of sp³-hybridized carbons (Fsp3) is 0.364. The van der Waals surface area contributed by atoms with E-state index in [0.717, 1.165) is 50.9 Å². The molecule has 0 radical (unpaired) electrons. The summed E-state index contributed by atoms with van der Waals surface area (Å²) in [4.78, 5) is 20.8. The van der Waals surface area contributed by atoms with E-state index in [0.29, 0.717) is 6.10 Å². The number of para-hydroxylation sites is 1. The minimum absolute atomic E-state index is 0.0298.